The van der Waals surface area contributed by atoms with Crippen molar-refractivity contribution in [2.75, 3.05) is 33.8 Å². The molecule has 3 N–H and O–H groups in total. The number of nitrogens with zero attached hydrogens (tertiary/aromatic N) is 1. The lowest BCUT2D eigenvalue weighted by atomic mass is 10.0. The standard InChI is InChI=1S/C19H30N2O4/c1-21(2)19(24)15-7-8-18-14(12-15)6-4-3-5-10-20-11-9-16(22)17(23)13-25-18/h7-8,12,16-17,20,22-23H,3-6,9-11,13H2,1-2H3/t16-,17+/m0/s1. The molecular formula is C19H30N2O4. The van der Waals surface area contributed by atoms with Crippen molar-refractivity contribution in [3.63, 3.8) is 0 Å². The van der Waals surface area contributed by atoms with Crippen LogP contribution in [0.15, 0.2) is 18.2 Å². The Labute approximate surface area is 149 Å². The molecule has 0 bridgehead atoms. The van der Waals surface area contributed by atoms with Gasteiger partial charge < -0.3 is 25.2 Å². The quantitative estimate of drug-likeness (QED) is 0.709. The third-order valence-electron chi connectivity index (χ3n) is 4.48. The summed E-state index contributed by atoms with van der Waals surface area (Å²) in [6.07, 6.45) is 2.74. The molecule has 1 aliphatic rings. The average molecular weight is 350 g/mol. The fraction of sp³-hybridized carbons (Fsp3) is 0.632. The molecule has 1 amide bonds. The molecule has 25 heavy (non-hydrogen) atoms. The first-order valence-electron chi connectivity index (χ1n) is 9.03. The number of hydrogen-bond donors (Lipinski definition) is 3. The zero-order valence-electron chi connectivity index (χ0n) is 15.2. The van der Waals surface area contributed by atoms with Crippen LogP contribution in [0.4, 0.5) is 0 Å². The number of aryl methyl sites for hydroxylation is 1. The fourth-order valence-electron chi connectivity index (χ4n) is 2.90. The number of ether oxygens (including phenoxy) is 1. The molecule has 0 fully saturated rings. The van der Waals surface area contributed by atoms with Crippen molar-refractivity contribution < 1.29 is 19.7 Å². The summed E-state index contributed by atoms with van der Waals surface area (Å²) >= 11 is 0. The van der Waals surface area contributed by atoms with E-state index in [4.69, 9.17) is 4.74 Å². The maximum absolute atomic E-state index is 12.2. The maximum atomic E-state index is 12.2. The third-order valence-corrected chi connectivity index (χ3v) is 4.48. The molecule has 0 radical (unpaired) electrons. The van der Waals surface area contributed by atoms with Crippen molar-refractivity contribution in [2.24, 2.45) is 0 Å². The molecule has 2 rings (SSSR count). The second-order valence-corrected chi connectivity index (χ2v) is 6.82. The van der Waals surface area contributed by atoms with Gasteiger partial charge in [0, 0.05) is 19.7 Å². The van der Waals surface area contributed by atoms with Crippen LogP contribution in [0.1, 0.15) is 41.6 Å². The van der Waals surface area contributed by atoms with Crippen LogP contribution >= 0.6 is 0 Å². The van der Waals surface area contributed by atoms with Gasteiger partial charge in [0.1, 0.15) is 18.5 Å². The summed E-state index contributed by atoms with van der Waals surface area (Å²) in [4.78, 5) is 13.7. The number of fused-ring (bicyclic) bond motifs is 1. The third kappa shape index (κ3) is 5.99. The normalized spacial score (nSPS) is 23.0. The molecule has 1 aliphatic heterocycles. The van der Waals surface area contributed by atoms with Gasteiger partial charge in [-0.2, -0.15) is 0 Å². The van der Waals surface area contributed by atoms with Crippen LogP contribution in [-0.2, 0) is 6.42 Å². The lowest BCUT2D eigenvalue weighted by Gasteiger charge is -2.21. The van der Waals surface area contributed by atoms with E-state index < -0.39 is 12.2 Å². The number of amides is 1. The Morgan fingerprint density at radius 2 is 1.96 bits per heavy atom. The molecule has 6 nitrogen and oxygen atoms in total. The molecule has 2 atom stereocenters. The topological polar surface area (TPSA) is 82.0 Å². The number of aliphatic hydroxyl groups is 2. The smallest absolute Gasteiger partial charge is 0.253 e. The van der Waals surface area contributed by atoms with Crippen LogP contribution < -0.4 is 10.1 Å². The summed E-state index contributed by atoms with van der Waals surface area (Å²) in [5, 5.41) is 23.3. The number of carbonyl (C=O) groups is 1. The van der Waals surface area contributed by atoms with Crippen LogP contribution in [0.3, 0.4) is 0 Å². The van der Waals surface area contributed by atoms with Crippen molar-refractivity contribution >= 4 is 5.91 Å². The SMILES string of the molecule is CN(C)C(=O)c1ccc2c(c1)CCCCCNCC[C@H](O)[C@H](O)CO2. The molecule has 6 heteroatoms. The van der Waals surface area contributed by atoms with Crippen LogP contribution in [0.25, 0.3) is 0 Å². The highest BCUT2D eigenvalue weighted by Crippen LogP contribution is 2.24. The van der Waals surface area contributed by atoms with Crippen molar-refractivity contribution in [1.29, 1.82) is 0 Å². The van der Waals surface area contributed by atoms with Crippen LogP contribution in [0, 0.1) is 0 Å². The second-order valence-electron chi connectivity index (χ2n) is 6.82. The number of carbonyl (C=O) groups excluding carboxylic acids is 1. The van der Waals surface area contributed by atoms with Crippen LogP contribution in [0.5, 0.6) is 5.75 Å². The molecule has 0 aromatic heterocycles. The van der Waals surface area contributed by atoms with Gasteiger partial charge in [-0.3, -0.25) is 4.79 Å². The van der Waals surface area contributed by atoms with Gasteiger partial charge in [0.25, 0.3) is 5.91 Å². The number of hydrogen-bond acceptors (Lipinski definition) is 5. The first-order valence-corrected chi connectivity index (χ1v) is 9.03. The minimum Gasteiger partial charge on any atom is -0.491 e. The predicted molar refractivity (Wildman–Crippen MR) is 97.0 cm³/mol. The Hall–Kier alpha value is -1.63. The lowest BCUT2D eigenvalue weighted by Crippen LogP contribution is -2.34. The molecule has 1 aromatic carbocycles. The van der Waals surface area contributed by atoms with E-state index in [1.165, 1.54) is 0 Å². The molecule has 1 aromatic rings. The number of benzene rings is 1. The largest absolute Gasteiger partial charge is 0.491 e. The molecule has 0 saturated heterocycles. The Morgan fingerprint density at radius 3 is 2.72 bits per heavy atom. The highest BCUT2D eigenvalue weighted by Gasteiger charge is 2.18. The summed E-state index contributed by atoms with van der Waals surface area (Å²) in [5.41, 5.74) is 1.61. The lowest BCUT2D eigenvalue weighted by molar-refractivity contribution is -0.0114. The second kappa shape index (κ2) is 9.75. The Kier molecular flexibility index (Phi) is 7.68. The van der Waals surface area contributed by atoms with Crippen LogP contribution in [-0.4, -0.2) is 67.0 Å². The first kappa shape index (κ1) is 19.7. The average Bonchev–Trinajstić information content (AvgIpc) is 2.60. The van der Waals surface area contributed by atoms with Crippen molar-refractivity contribution in [3.8, 4) is 5.75 Å². The Bertz CT molecular complexity index is 562. The summed E-state index contributed by atoms with van der Waals surface area (Å²) in [6.45, 7) is 1.63. The van der Waals surface area contributed by atoms with Gasteiger partial charge in [-0.05, 0) is 62.5 Å². The van der Waals surface area contributed by atoms with E-state index >= 15 is 0 Å². The first-order chi connectivity index (χ1) is 12.0. The fourth-order valence-corrected chi connectivity index (χ4v) is 2.90. The minimum absolute atomic E-state index is 0.0368. The molecule has 0 unspecified atom stereocenters. The minimum atomic E-state index is -0.930. The summed E-state index contributed by atoms with van der Waals surface area (Å²) in [6, 6.07) is 5.42. The van der Waals surface area contributed by atoms with Gasteiger partial charge in [0.05, 0.1) is 6.10 Å². The molecule has 0 aliphatic carbocycles. The van der Waals surface area contributed by atoms with Crippen molar-refractivity contribution in [2.45, 2.75) is 44.3 Å². The molecule has 0 saturated carbocycles. The van der Waals surface area contributed by atoms with Gasteiger partial charge in [-0.15, -0.1) is 0 Å². The molecule has 0 spiro atoms. The van der Waals surface area contributed by atoms with Crippen molar-refractivity contribution in [1.82, 2.24) is 10.2 Å². The van der Waals surface area contributed by atoms with E-state index in [1.54, 1.807) is 31.1 Å². The van der Waals surface area contributed by atoms with E-state index in [0.29, 0.717) is 24.3 Å². The zero-order valence-corrected chi connectivity index (χ0v) is 15.2. The van der Waals surface area contributed by atoms with Gasteiger partial charge in [-0.25, -0.2) is 0 Å². The van der Waals surface area contributed by atoms with Gasteiger partial charge >= 0.3 is 0 Å². The summed E-state index contributed by atoms with van der Waals surface area (Å²) in [5.74, 6) is 0.638. The van der Waals surface area contributed by atoms with E-state index in [-0.39, 0.29) is 12.5 Å². The zero-order chi connectivity index (χ0) is 18.2. The van der Waals surface area contributed by atoms with E-state index in [0.717, 1.165) is 37.8 Å². The maximum Gasteiger partial charge on any atom is 0.253 e. The van der Waals surface area contributed by atoms with Crippen molar-refractivity contribution in [3.05, 3.63) is 29.3 Å². The Balaban J connectivity index is 2.17. The monoisotopic (exact) mass is 350 g/mol. The Morgan fingerprint density at radius 1 is 1.16 bits per heavy atom. The van der Waals surface area contributed by atoms with Gasteiger partial charge in [0.2, 0.25) is 0 Å². The highest BCUT2D eigenvalue weighted by molar-refractivity contribution is 5.94. The molecular weight excluding hydrogens is 320 g/mol. The number of rotatable bonds is 1. The molecule has 1 heterocycles. The van der Waals surface area contributed by atoms with Gasteiger partial charge in [-0.1, -0.05) is 6.42 Å². The van der Waals surface area contributed by atoms with E-state index in [9.17, 15) is 15.0 Å². The number of aliphatic hydroxyl groups excluding tert-OH is 2. The van der Waals surface area contributed by atoms with E-state index in [1.807, 2.05) is 6.07 Å². The highest BCUT2D eigenvalue weighted by atomic mass is 16.5. The summed E-state index contributed by atoms with van der Waals surface area (Å²) in [7, 11) is 3.46. The van der Waals surface area contributed by atoms with Crippen LogP contribution in [0.2, 0.25) is 0 Å². The van der Waals surface area contributed by atoms with E-state index in [2.05, 4.69) is 5.32 Å². The summed E-state index contributed by atoms with van der Waals surface area (Å²) < 4.78 is 5.76. The predicted octanol–water partition coefficient (Wildman–Crippen LogP) is 1.20. The number of nitrogens with one attached hydrogen (secondary N) is 1. The van der Waals surface area contributed by atoms with Gasteiger partial charge in [0.15, 0.2) is 0 Å². The molecule has 140 valence electrons.